The Kier molecular flexibility index (Phi) is 2.19. The van der Waals surface area contributed by atoms with Crippen LogP contribution in [0, 0.1) is 17.0 Å². The number of aldehydes is 1. The summed E-state index contributed by atoms with van der Waals surface area (Å²) in [5.74, 6) is 0. The maximum absolute atomic E-state index is 10.4. The van der Waals surface area contributed by atoms with E-state index in [0.717, 1.165) is 0 Å². The van der Waals surface area contributed by atoms with Gasteiger partial charge in [-0.05, 0) is 13.0 Å². The molecule has 0 unspecified atom stereocenters. The van der Waals surface area contributed by atoms with Gasteiger partial charge in [-0.2, -0.15) is 0 Å². The van der Waals surface area contributed by atoms with Crippen LogP contribution >= 0.6 is 0 Å². The summed E-state index contributed by atoms with van der Waals surface area (Å²) in [7, 11) is 0. The molecule has 12 heavy (non-hydrogen) atoms. The zero-order chi connectivity index (χ0) is 9.14. The molecule has 4 heteroatoms. The maximum atomic E-state index is 10.4. The molecule has 0 bridgehead atoms. The molecule has 0 heterocycles. The van der Waals surface area contributed by atoms with E-state index >= 15 is 0 Å². The minimum absolute atomic E-state index is 0.0625. The van der Waals surface area contributed by atoms with Crippen molar-refractivity contribution in [2.45, 2.75) is 0 Å². The Bertz CT molecular complexity index is 333. The molecule has 0 aliphatic heterocycles. The summed E-state index contributed by atoms with van der Waals surface area (Å²) < 4.78 is 0. The summed E-state index contributed by atoms with van der Waals surface area (Å²) in [5, 5.41) is 10.4. The molecular formula is C8H6NO3. The average Bonchev–Trinajstić information content (AvgIpc) is 2.03. The number of carbonyl (C=O) groups is 1. The van der Waals surface area contributed by atoms with Crippen molar-refractivity contribution in [3.05, 3.63) is 46.4 Å². The Morgan fingerprint density at radius 1 is 1.50 bits per heavy atom. The van der Waals surface area contributed by atoms with Gasteiger partial charge in [-0.25, -0.2) is 0 Å². The molecule has 0 atom stereocenters. The van der Waals surface area contributed by atoms with Crippen LogP contribution in [-0.4, -0.2) is 11.2 Å². The van der Waals surface area contributed by atoms with Gasteiger partial charge in [0, 0.05) is 5.56 Å². The van der Waals surface area contributed by atoms with E-state index in [1.54, 1.807) is 6.07 Å². The number of para-hydroxylation sites is 1. The Labute approximate surface area is 69.0 Å². The lowest BCUT2D eigenvalue weighted by Crippen LogP contribution is -1.96. The molecule has 1 aromatic rings. The minimum Gasteiger partial charge on any atom is -0.298 e. The van der Waals surface area contributed by atoms with Crippen molar-refractivity contribution in [3.8, 4) is 0 Å². The number of hydrogen-bond acceptors (Lipinski definition) is 3. The molecule has 1 radical (unpaired) electrons. The quantitative estimate of drug-likeness (QED) is 0.379. The van der Waals surface area contributed by atoms with E-state index in [4.69, 9.17) is 0 Å². The number of hydrogen-bond donors (Lipinski definition) is 0. The number of nitrogens with zero attached hydrogens (tertiary/aromatic N) is 1. The van der Waals surface area contributed by atoms with Crippen LogP contribution in [0.5, 0.6) is 0 Å². The summed E-state index contributed by atoms with van der Waals surface area (Å²) in [4.78, 5) is 20.2. The highest BCUT2D eigenvalue weighted by molar-refractivity contribution is 5.82. The fourth-order valence-electron chi connectivity index (χ4n) is 0.929. The second-order valence-electron chi connectivity index (χ2n) is 2.23. The molecule has 4 nitrogen and oxygen atoms in total. The topological polar surface area (TPSA) is 60.2 Å². The molecule has 0 saturated carbocycles. The van der Waals surface area contributed by atoms with Crippen LogP contribution in [0.15, 0.2) is 18.2 Å². The van der Waals surface area contributed by atoms with Gasteiger partial charge < -0.3 is 0 Å². The van der Waals surface area contributed by atoms with Gasteiger partial charge in [-0.15, -0.1) is 0 Å². The minimum atomic E-state index is -0.605. The highest BCUT2D eigenvalue weighted by atomic mass is 16.6. The van der Waals surface area contributed by atoms with E-state index in [0.29, 0.717) is 6.29 Å². The molecule has 0 N–H and O–H groups in total. The fourth-order valence-corrected chi connectivity index (χ4v) is 0.929. The molecule has 0 saturated heterocycles. The molecule has 0 spiro atoms. The molecule has 61 valence electrons. The Hall–Kier alpha value is -1.71. The van der Waals surface area contributed by atoms with Gasteiger partial charge in [0.2, 0.25) is 0 Å². The lowest BCUT2D eigenvalue weighted by molar-refractivity contribution is -0.385. The third kappa shape index (κ3) is 1.32. The number of carbonyl (C=O) groups excluding carboxylic acids is 1. The fraction of sp³-hybridized carbons (Fsp3) is 0. The first-order valence-corrected chi connectivity index (χ1v) is 3.21. The number of benzene rings is 1. The average molecular weight is 164 g/mol. The smallest absolute Gasteiger partial charge is 0.283 e. The standard InChI is InChI=1S/C8H6NO3/c1-6-3-2-4-7(5-10)8(6)9(11)12/h2-5H,1H2. The molecular weight excluding hydrogens is 158 g/mol. The first kappa shape index (κ1) is 8.39. The SMILES string of the molecule is [CH2]c1cccc(C=O)c1[N+](=O)[O-]. The zero-order valence-corrected chi connectivity index (χ0v) is 6.19. The van der Waals surface area contributed by atoms with Crippen LogP contribution in [-0.2, 0) is 0 Å². The lowest BCUT2D eigenvalue weighted by Gasteiger charge is -1.97. The Morgan fingerprint density at radius 2 is 2.17 bits per heavy atom. The van der Waals surface area contributed by atoms with E-state index in [-0.39, 0.29) is 16.8 Å². The van der Waals surface area contributed by atoms with Crippen molar-refractivity contribution in [2.24, 2.45) is 0 Å². The molecule has 0 fully saturated rings. The van der Waals surface area contributed by atoms with Gasteiger partial charge in [0.1, 0.15) is 0 Å². The molecule has 0 amide bonds. The monoisotopic (exact) mass is 164 g/mol. The lowest BCUT2D eigenvalue weighted by atomic mass is 10.1. The second kappa shape index (κ2) is 3.13. The van der Waals surface area contributed by atoms with E-state index in [1.807, 2.05) is 0 Å². The first-order valence-electron chi connectivity index (χ1n) is 3.21. The zero-order valence-electron chi connectivity index (χ0n) is 6.19. The highest BCUT2D eigenvalue weighted by Gasteiger charge is 2.15. The Balaban J connectivity index is 3.39. The van der Waals surface area contributed by atoms with E-state index in [2.05, 4.69) is 6.92 Å². The third-order valence-corrected chi connectivity index (χ3v) is 1.46. The predicted octanol–water partition coefficient (Wildman–Crippen LogP) is 1.59. The summed E-state index contributed by atoms with van der Waals surface area (Å²) in [6.07, 6.45) is 0.451. The highest BCUT2D eigenvalue weighted by Crippen LogP contribution is 2.20. The van der Waals surface area contributed by atoms with Gasteiger partial charge in [0.15, 0.2) is 6.29 Å². The molecule has 0 aliphatic rings. The van der Waals surface area contributed by atoms with Gasteiger partial charge in [0.25, 0.3) is 5.69 Å². The van der Waals surface area contributed by atoms with E-state index in [9.17, 15) is 14.9 Å². The Morgan fingerprint density at radius 3 is 2.58 bits per heavy atom. The van der Waals surface area contributed by atoms with E-state index < -0.39 is 4.92 Å². The van der Waals surface area contributed by atoms with Crippen molar-refractivity contribution in [3.63, 3.8) is 0 Å². The molecule has 0 aromatic heterocycles. The first-order chi connectivity index (χ1) is 5.66. The van der Waals surface area contributed by atoms with Crippen molar-refractivity contribution in [2.75, 3.05) is 0 Å². The predicted molar refractivity (Wildman–Crippen MR) is 42.9 cm³/mol. The third-order valence-electron chi connectivity index (χ3n) is 1.46. The van der Waals surface area contributed by atoms with Gasteiger partial charge in [-0.3, -0.25) is 14.9 Å². The van der Waals surface area contributed by atoms with Crippen molar-refractivity contribution in [1.82, 2.24) is 0 Å². The second-order valence-corrected chi connectivity index (χ2v) is 2.23. The van der Waals surface area contributed by atoms with Gasteiger partial charge in [0.05, 0.1) is 10.5 Å². The summed E-state index contributed by atoms with van der Waals surface area (Å²) in [6.45, 7) is 3.45. The van der Waals surface area contributed by atoms with Gasteiger partial charge in [-0.1, -0.05) is 12.1 Å². The van der Waals surface area contributed by atoms with Crippen LogP contribution in [0.1, 0.15) is 15.9 Å². The molecule has 1 rings (SSSR count). The number of nitro groups is 1. The van der Waals surface area contributed by atoms with E-state index in [1.165, 1.54) is 12.1 Å². The van der Waals surface area contributed by atoms with Crippen LogP contribution in [0.2, 0.25) is 0 Å². The van der Waals surface area contributed by atoms with Crippen LogP contribution in [0.4, 0.5) is 5.69 Å². The van der Waals surface area contributed by atoms with Crippen molar-refractivity contribution in [1.29, 1.82) is 0 Å². The van der Waals surface area contributed by atoms with Crippen molar-refractivity contribution >= 4 is 12.0 Å². The largest absolute Gasteiger partial charge is 0.298 e. The molecule has 0 aliphatic carbocycles. The number of nitro benzene ring substituents is 1. The van der Waals surface area contributed by atoms with Crippen LogP contribution in [0.3, 0.4) is 0 Å². The number of rotatable bonds is 2. The maximum Gasteiger partial charge on any atom is 0.283 e. The summed E-state index contributed by atoms with van der Waals surface area (Å²) in [6, 6.07) is 4.43. The van der Waals surface area contributed by atoms with Crippen LogP contribution in [0.25, 0.3) is 0 Å². The normalized spacial score (nSPS) is 9.42. The van der Waals surface area contributed by atoms with Crippen molar-refractivity contribution < 1.29 is 9.72 Å². The summed E-state index contributed by atoms with van der Waals surface area (Å²) >= 11 is 0. The van der Waals surface area contributed by atoms with Crippen LogP contribution < -0.4 is 0 Å². The summed E-state index contributed by atoms with van der Waals surface area (Å²) in [5.41, 5.74) is 0.101. The van der Waals surface area contributed by atoms with Gasteiger partial charge >= 0.3 is 0 Å². The molecule has 1 aromatic carbocycles.